The molecule has 0 aliphatic carbocycles. The van der Waals surface area contributed by atoms with Crippen molar-refractivity contribution in [1.82, 2.24) is 14.8 Å². The van der Waals surface area contributed by atoms with Crippen molar-refractivity contribution in [3.63, 3.8) is 0 Å². The second-order valence-corrected chi connectivity index (χ2v) is 3.34. The third kappa shape index (κ3) is 1.86. The number of hydrogen-bond acceptors (Lipinski definition) is 3. The van der Waals surface area contributed by atoms with Gasteiger partial charge in [0.15, 0.2) is 0 Å². The lowest BCUT2D eigenvalue weighted by Gasteiger charge is -2.19. The molecule has 60 valence electrons. The standard InChI is InChI=1S/C7H11N3O/c1-7(2,3)10-5-8-6(11)4-9-10/h4-5H,1-3H3. The van der Waals surface area contributed by atoms with Crippen molar-refractivity contribution in [2.75, 3.05) is 0 Å². The summed E-state index contributed by atoms with van der Waals surface area (Å²) in [7, 11) is 0. The summed E-state index contributed by atoms with van der Waals surface area (Å²) in [6.45, 7) is 5.98. The van der Waals surface area contributed by atoms with Gasteiger partial charge < -0.3 is 0 Å². The molecule has 1 aromatic heterocycles. The van der Waals surface area contributed by atoms with E-state index in [9.17, 15) is 4.79 Å². The summed E-state index contributed by atoms with van der Waals surface area (Å²) in [6, 6.07) is 0. The molecule has 4 heteroatoms. The van der Waals surface area contributed by atoms with E-state index in [1.54, 1.807) is 4.68 Å². The Balaban J connectivity index is 3.09. The lowest BCUT2D eigenvalue weighted by atomic mass is 10.1. The van der Waals surface area contributed by atoms with Crippen LogP contribution in [0, 0.1) is 0 Å². The minimum Gasteiger partial charge on any atom is -0.266 e. The average Bonchev–Trinajstić information content (AvgIpc) is 1.86. The maximum absolute atomic E-state index is 10.6. The lowest BCUT2D eigenvalue weighted by Crippen LogP contribution is -2.26. The highest BCUT2D eigenvalue weighted by atomic mass is 16.1. The topological polar surface area (TPSA) is 47.8 Å². The van der Waals surface area contributed by atoms with Gasteiger partial charge in [0.25, 0.3) is 5.56 Å². The zero-order chi connectivity index (χ0) is 8.48. The zero-order valence-electron chi connectivity index (χ0n) is 6.90. The molecule has 0 aliphatic heterocycles. The van der Waals surface area contributed by atoms with Gasteiger partial charge in [-0.3, -0.25) is 4.79 Å². The molecule has 0 amide bonds. The minimum atomic E-state index is -0.300. The van der Waals surface area contributed by atoms with Crippen LogP contribution in [0.3, 0.4) is 0 Å². The first-order chi connectivity index (χ1) is 5.00. The van der Waals surface area contributed by atoms with Gasteiger partial charge in [-0.2, -0.15) is 10.1 Å². The van der Waals surface area contributed by atoms with Crippen molar-refractivity contribution in [2.24, 2.45) is 0 Å². The molecule has 0 unspecified atom stereocenters. The Labute approximate surface area is 64.9 Å². The van der Waals surface area contributed by atoms with Crippen molar-refractivity contribution < 1.29 is 0 Å². The molecule has 0 saturated carbocycles. The molecule has 0 N–H and O–H groups in total. The van der Waals surface area contributed by atoms with Gasteiger partial charge in [0.1, 0.15) is 12.5 Å². The van der Waals surface area contributed by atoms with Crippen LogP contribution in [0.5, 0.6) is 0 Å². The van der Waals surface area contributed by atoms with Crippen molar-refractivity contribution >= 4 is 0 Å². The van der Waals surface area contributed by atoms with E-state index in [-0.39, 0.29) is 11.1 Å². The minimum absolute atomic E-state index is 0.110. The highest BCUT2D eigenvalue weighted by Crippen LogP contribution is 2.08. The maximum Gasteiger partial charge on any atom is 0.291 e. The first-order valence-electron chi connectivity index (χ1n) is 3.41. The molecule has 0 aromatic carbocycles. The van der Waals surface area contributed by atoms with Crippen LogP contribution in [0.4, 0.5) is 0 Å². The summed E-state index contributed by atoms with van der Waals surface area (Å²) < 4.78 is 1.65. The van der Waals surface area contributed by atoms with Crippen LogP contribution in [-0.4, -0.2) is 14.8 Å². The summed E-state index contributed by atoms with van der Waals surface area (Å²) in [5.41, 5.74) is -0.411. The molecule has 0 radical (unpaired) electrons. The molecule has 0 atom stereocenters. The molecule has 0 saturated heterocycles. The van der Waals surface area contributed by atoms with E-state index >= 15 is 0 Å². The second-order valence-electron chi connectivity index (χ2n) is 3.34. The van der Waals surface area contributed by atoms with E-state index < -0.39 is 0 Å². The fourth-order valence-electron chi connectivity index (χ4n) is 0.633. The molecular weight excluding hydrogens is 142 g/mol. The Kier molecular flexibility index (Phi) is 1.76. The predicted molar refractivity (Wildman–Crippen MR) is 41.3 cm³/mol. The maximum atomic E-state index is 10.6. The Bertz CT molecular complexity index is 277. The summed E-state index contributed by atoms with van der Waals surface area (Å²) in [5, 5.41) is 3.89. The first kappa shape index (κ1) is 7.91. The van der Waals surface area contributed by atoms with E-state index in [4.69, 9.17) is 0 Å². The highest BCUT2D eigenvalue weighted by molar-refractivity contribution is 4.74. The van der Waals surface area contributed by atoms with Gasteiger partial charge in [0.2, 0.25) is 0 Å². The normalized spacial score (nSPS) is 11.5. The van der Waals surface area contributed by atoms with E-state index in [1.807, 2.05) is 20.8 Å². The molecule has 4 nitrogen and oxygen atoms in total. The van der Waals surface area contributed by atoms with Crippen LogP contribution >= 0.6 is 0 Å². The number of aromatic nitrogens is 3. The highest BCUT2D eigenvalue weighted by Gasteiger charge is 2.11. The van der Waals surface area contributed by atoms with E-state index in [2.05, 4.69) is 10.1 Å². The SMILES string of the molecule is CC(C)(C)n1cnc(=O)cn1. The Morgan fingerprint density at radius 3 is 2.45 bits per heavy atom. The molecule has 0 spiro atoms. The van der Waals surface area contributed by atoms with Gasteiger partial charge in [0.05, 0.1) is 5.54 Å². The number of hydrogen-bond donors (Lipinski definition) is 0. The van der Waals surface area contributed by atoms with Gasteiger partial charge in [-0.05, 0) is 20.8 Å². The molecule has 1 rings (SSSR count). The molecule has 1 aromatic rings. The Hall–Kier alpha value is -1.19. The quantitative estimate of drug-likeness (QED) is 0.541. The third-order valence-electron chi connectivity index (χ3n) is 1.27. The molecule has 1 heterocycles. The van der Waals surface area contributed by atoms with Crippen LogP contribution < -0.4 is 5.56 Å². The van der Waals surface area contributed by atoms with Gasteiger partial charge in [-0.25, -0.2) is 4.68 Å². The van der Waals surface area contributed by atoms with Crippen molar-refractivity contribution in [1.29, 1.82) is 0 Å². The average molecular weight is 153 g/mol. The first-order valence-corrected chi connectivity index (χ1v) is 3.41. The largest absolute Gasteiger partial charge is 0.291 e. The summed E-state index contributed by atoms with van der Waals surface area (Å²) in [4.78, 5) is 14.2. The van der Waals surface area contributed by atoms with Crippen LogP contribution in [0.15, 0.2) is 17.3 Å². The van der Waals surface area contributed by atoms with E-state index in [0.29, 0.717) is 0 Å². The monoisotopic (exact) mass is 153 g/mol. The van der Waals surface area contributed by atoms with E-state index in [0.717, 1.165) is 0 Å². The van der Waals surface area contributed by atoms with Gasteiger partial charge in [0, 0.05) is 0 Å². The molecule has 0 fully saturated rings. The van der Waals surface area contributed by atoms with Crippen molar-refractivity contribution in [3.8, 4) is 0 Å². The fourth-order valence-corrected chi connectivity index (χ4v) is 0.633. The Morgan fingerprint density at radius 1 is 1.45 bits per heavy atom. The Morgan fingerprint density at radius 2 is 2.09 bits per heavy atom. The summed E-state index contributed by atoms with van der Waals surface area (Å²) in [6.07, 6.45) is 2.66. The van der Waals surface area contributed by atoms with Crippen molar-refractivity contribution in [3.05, 3.63) is 22.9 Å². The van der Waals surface area contributed by atoms with Gasteiger partial charge in [-0.1, -0.05) is 0 Å². The third-order valence-corrected chi connectivity index (χ3v) is 1.27. The number of rotatable bonds is 0. The number of nitrogens with zero attached hydrogens (tertiary/aromatic N) is 3. The van der Waals surface area contributed by atoms with Crippen molar-refractivity contribution in [2.45, 2.75) is 26.3 Å². The molecule has 0 aliphatic rings. The van der Waals surface area contributed by atoms with Crippen LogP contribution in [-0.2, 0) is 5.54 Å². The smallest absolute Gasteiger partial charge is 0.266 e. The van der Waals surface area contributed by atoms with Crippen LogP contribution in [0.2, 0.25) is 0 Å². The summed E-state index contributed by atoms with van der Waals surface area (Å²) in [5.74, 6) is 0. The second kappa shape index (κ2) is 2.45. The zero-order valence-corrected chi connectivity index (χ0v) is 6.90. The summed E-state index contributed by atoms with van der Waals surface area (Å²) >= 11 is 0. The van der Waals surface area contributed by atoms with Gasteiger partial charge in [-0.15, -0.1) is 0 Å². The lowest BCUT2D eigenvalue weighted by molar-refractivity contribution is 0.342. The van der Waals surface area contributed by atoms with Gasteiger partial charge >= 0.3 is 0 Å². The fraction of sp³-hybridized carbons (Fsp3) is 0.571. The van der Waals surface area contributed by atoms with Crippen LogP contribution in [0.25, 0.3) is 0 Å². The molecule has 11 heavy (non-hydrogen) atoms. The molecule has 0 bridgehead atoms. The van der Waals surface area contributed by atoms with Crippen LogP contribution in [0.1, 0.15) is 20.8 Å². The predicted octanol–water partition coefficient (Wildman–Crippen LogP) is 0.393. The molecular formula is C7H11N3O. The van der Waals surface area contributed by atoms with E-state index in [1.165, 1.54) is 12.5 Å².